The third-order valence-electron chi connectivity index (χ3n) is 3.60. The first-order valence-corrected chi connectivity index (χ1v) is 7.22. The van der Waals surface area contributed by atoms with Gasteiger partial charge in [-0.25, -0.2) is 0 Å². The molecule has 124 valence electrons. The van der Waals surface area contributed by atoms with E-state index in [-0.39, 0.29) is 24.9 Å². The quantitative estimate of drug-likeness (QED) is 0.646. The first-order chi connectivity index (χ1) is 11.5. The molecule has 2 aromatic carbocycles. The number of fused-ring (bicyclic) bond motifs is 1. The zero-order chi connectivity index (χ0) is 17.1. The van der Waals surface area contributed by atoms with Crippen molar-refractivity contribution in [3.63, 3.8) is 0 Å². The maximum Gasteiger partial charge on any atom is 0.274 e. The third kappa shape index (κ3) is 3.22. The first-order valence-electron chi connectivity index (χ1n) is 7.22. The summed E-state index contributed by atoms with van der Waals surface area (Å²) in [5.74, 6) is 0.938. The van der Waals surface area contributed by atoms with E-state index in [1.165, 1.54) is 6.07 Å². The third-order valence-corrected chi connectivity index (χ3v) is 3.60. The second-order valence-corrected chi connectivity index (χ2v) is 5.18. The molecule has 0 atom stereocenters. The van der Waals surface area contributed by atoms with E-state index in [0.717, 1.165) is 0 Å². The van der Waals surface area contributed by atoms with Crippen molar-refractivity contribution >= 4 is 23.0 Å². The van der Waals surface area contributed by atoms with Gasteiger partial charge in [-0.15, -0.1) is 0 Å². The topological polar surface area (TPSA) is 103 Å². The SMILES string of the molecule is Cc1c(NCC(=O)Nc2ccc3c(c2)OCO3)cccc1[N+](=O)[O-]. The first kappa shape index (κ1) is 15.6. The number of anilines is 2. The van der Waals surface area contributed by atoms with Crippen molar-refractivity contribution in [1.29, 1.82) is 0 Å². The number of nitro benzene ring substituents is 1. The van der Waals surface area contributed by atoms with Crippen molar-refractivity contribution in [3.05, 3.63) is 52.1 Å². The Morgan fingerprint density at radius 3 is 2.83 bits per heavy atom. The summed E-state index contributed by atoms with van der Waals surface area (Å²) in [6, 6.07) is 9.80. The number of nitrogens with one attached hydrogen (secondary N) is 2. The summed E-state index contributed by atoms with van der Waals surface area (Å²) in [7, 11) is 0. The van der Waals surface area contributed by atoms with Gasteiger partial charge < -0.3 is 20.1 Å². The fraction of sp³-hybridized carbons (Fsp3) is 0.188. The van der Waals surface area contributed by atoms with Gasteiger partial charge in [-0.3, -0.25) is 14.9 Å². The van der Waals surface area contributed by atoms with Crippen LogP contribution in [0, 0.1) is 17.0 Å². The van der Waals surface area contributed by atoms with Crippen LogP contribution in [0.15, 0.2) is 36.4 Å². The van der Waals surface area contributed by atoms with Crippen molar-refractivity contribution in [2.24, 2.45) is 0 Å². The molecule has 1 heterocycles. The number of hydrogen-bond acceptors (Lipinski definition) is 6. The number of hydrogen-bond donors (Lipinski definition) is 2. The Morgan fingerprint density at radius 2 is 2.04 bits per heavy atom. The molecule has 8 nitrogen and oxygen atoms in total. The summed E-state index contributed by atoms with van der Waals surface area (Å²) in [5, 5.41) is 16.6. The molecule has 0 fully saturated rings. The Hall–Kier alpha value is -3.29. The average molecular weight is 329 g/mol. The highest BCUT2D eigenvalue weighted by atomic mass is 16.7. The van der Waals surface area contributed by atoms with Crippen LogP contribution in [0.4, 0.5) is 17.1 Å². The van der Waals surface area contributed by atoms with Crippen LogP contribution >= 0.6 is 0 Å². The van der Waals surface area contributed by atoms with Gasteiger partial charge in [0.1, 0.15) is 0 Å². The highest BCUT2D eigenvalue weighted by Crippen LogP contribution is 2.34. The minimum absolute atomic E-state index is 0.0104. The maximum atomic E-state index is 12.0. The molecule has 0 bridgehead atoms. The molecule has 8 heteroatoms. The van der Waals surface area contributed by atoms with Crippen LogP contribution < -0.4 is 20.1 Å². The Morgan fingerprint density at radius 1 is 1.25 bits per heavy atom. The number of ether oxygens (including phenoxy) is 2. The Balaban J connectivity index is 1.62. The fourth-order valence-electron chi connectivity index (χ4n) is 2.37. The second kappa shape index (κ2) is 6.45. The summed E-state index contributed by atoms with van der Waals surface area (Å²) < 4.78 is 10.5. The van der Waals surface area contributed by atoms with Gasteiger partial charge in [0, 0.05) is 29.1 Å². The molecule has 0 radical (unpaired) electrons. The number of carbonyl (C=O) groups excluding carboxylic acids is 1. The Labute approximate surface area is 137 Å². The predicted octanol–water partition coefficient (Wildman–Crippen LogP) is 2.68. The van der Waals surface area contributed by atoms with Crippen molar-refractivity contribution in [2.75, 3.05) is 24.0 Å². The Kier molecular flexibility index (Phi) is 4.19. The van der Waals surface area contributed by atoms with E-state index >= 15 is 0 Å². The van der Waals surface area contributed by atoms with E-state index in [0.29, 0.717) is 28.4 Å². The lowest BCUT2D eigenvalue weighted by Crippen LogP contribution is -2.22. The second-order valence-electron chi connectivity index (χ2n) is 5.18. The normalized spacial score (nSPS) is 11.9. The lowest BCUT2D eigenvalue weighted by Gasteiger charge is -2.10. The molecule has 2 aromatic rings. The molecule has 1 aliphatic heterocycles. The lowest BCUT2D eigenvalue weighted by atomic mass is 10.1. The number of benzene rings is 2. The lowest BCUT2D eigenvalue weighted by molar-refractivity contribution is -0.385. The van der Waals surface area contributed by atoms with E-state index in [2.05, 4.69) is 10.6 Å². The van der Waals surface area contributed by atoms with Gasteiger partial charge in [0.2, 0.25) is 12.7 Å². The molecule has 0 saturated heterocycles. The monoisotopic (exact) mass is 329 g/mol. The van der Waals surface area contributed by atoms with E-state index < -0.39 is 4.92 Å². The van der Waals surface area contributed by atoms with Gasteiger partial charge in [-0.1, -0.05) is 6.07 Å². The van der Waals surface area contributed by atoms with Crippen LogP contribution in [0.1, 0.15) is 5.56 Å². The largest absolute Gasteiger partial charge is 0.454 e. The number of nitro groups is 1. The zero-order valence-electron chi connectivity index (χ0n) is 12.9. The van der Waals surface area contributed by atoms with E-state index in [9.17, 15) is 14.9 Å². The molecule has 1 amide bonds. The van der Waals surface area contributed by atoms with Crippen molar-refractivity contribution in [2.45, 2.75) is 6.92 Å². The number of rotatable bonds is 5. The summed E-state index contributed by atoms with van der Waals surface area (Å²) in [6.45, 7) is 1.78. The minimum Gasteiger partial charge on any atom is -0.454 e. The molecule has 0 unspecified atom stereocenters. The summed E-state index contributed by atoms with van der Waals surface area (Å²) in [6.07, 6.45) is 0. The van der Waals surface area contributed by atoms with Crippen molar-refractivity contribution in [3.8, 4) is 11.5 Å². The maximum absolute atomic E-state index is 12.0. The van der Waals surface area contributed by atoms with Gasteiger partial charge in [0.25, 0.3) is 5.69 Å². The Bertz CT molecular complexity index is 806. The van der Waals surface area contributed by atoms with Crippen LogP contribution in [0.3, 0.4) is 0 Å². The minimum atomic E-state index is -0.451. The van der Waals surface area contributed by atoms with Crippen molar-refractivity contribution in [1.82, 2.24) is 0 Å². The molecule has 0 aromatic heterocycles. The number of nitrogens with zero attached hydrogens (tertiary/aromatic N) is 1. The smallest absolute Gasteiger partial charge is 0.274 e. The molecule has 3 rings (SSSR count). The number of carbonyl (C=O) groups is 1. The van der Waals surface area contributed by atoms with Crippen molar-refractivity contribution < 1.29 is 19.2 Å². The number of amides is 1. The molecule has 1 aliphatic rings. The summed E-state index contributed by atoms with van der Waals surface area (Å²) in [4.78, 5) is 22.5. The predicted molar refractivity (Wildman–Crippen MR) is 87.5 cm³/mol. The fourth-order valence-corrected chi connectivity index (χ4v) is 2.37. The van der Waals surface area contributed by atoms with Crippen LogP contribution in [-0.2, 0) is 4.79 Å². The summed E-state index contributed by atoms with van der Waals surface area (Å²) >= 11 is 0. The molecule has 0 saturated carbocycles. The zero-order valence-corrected chi connectivity index (χ0v) is 12.9. The molecule has 24 heavy (non-hydrogen) atoms. The van der Waals surface area contributed by atoms with Crippen LogP contribution in [0.25, 0.3) is 0 Å². The molecule has 0 spiro atoms. The standard InChI is InChI=1S/C16H15N3O5/c1-10-12(3-2-4-13(10)19(21)22)17-8-16(20)18-11-5-6-14-15(7-11)24-9-23-14/h2-7,17H,8-9H2,1H3,(H,18,20). The van der Waals surface area contributed by atoms with Gasteiger partial charge in [-0.05, 0) is 25.1 Å². The van der Waals surface area contributed by atoms with Crippen LogP contribution in [-0.4, -0.2) is 24.2 Å². The highest BCUT2D eigenvalue weighted by molar-refractivity contribution is 5.94. The van der Waals surface area contributed by atoms with Gasteiger partial charge in [0.15, 0.2) is 11.5 Å². The van der Waals surface area contributed by atoms with E-state index in [1.54, 1.807) is 37.3 Å². The highest BCUT2D eigenvalue weighted by Gasteiger charge is 2.15. The van der Waals surface area contributed by atoms with Crippen LogP contribution in [0.2, 0.25) is 0 Å². The van der Waals surface area contributed by atoms with Gasteiger partial charge in [-0.2, -0.15) is 0 Å². The molecular formula is C16H15N3O5. The van der Waals surface area contributed by atoms with E-state index in [4.69, 9.17) is 9.47 Å². The van der Waals surface area contributed by atoms with Crippen LogP contribution in [0.5, 0.6) is 11.5 Å². The van der Waals surface area contributed by atoms with Gasteiger partial charge >= 0.3 is 0 Å². The summed E-state index contributed by atoms with van der Waals surface area (Å²) in [5.41, 5.74) is 1.63. The van der Waals surface area contributed by atoms with E-state index in [1.807, 2.05) is 0 Å². The van der Waals surface area contributed by atoms with Gasteiger partial charge in [0.05, 0.1) is 11.5 Å². The molecular weight excluding hydrogens is 314 g/mol. The molecule has 2 N–H and O–H groups in total. The molecule has 0 aliphatic carbocycles. The average Bonchev–Trinajstić information content (AvgIpc) is 3.01.